The van der Waals surface area contributed by atoms with Gasteiger partial charge in [-0.1, -0.05) is 13.8 Å². The molecule has 1 aliphatic heterocycles. The third-order valence-electron chi connectivity index (χ3n) is 2.98. The Morgan fingerprint density at radius 1 is 1.61 bits per heavy atom. The van der Waals surface area contributed by atoms with Crippen molar-refractivity contribution < 1.29 is 9.25 Å². The molecule has 1 aromatic heterocycles. The zero-order valence-electron chi connectivity index (χ0n) is 10.7. The van der Waals surface area contributed by atoms with Crippen LogP contribution >= 0.6 is 0 Å². The molecule has 6 nitrogen and oxygen atoms in total. The topological polar surface area (TPSA) is 101 Å². The lowest BCUT2D eigenvalue weighted by molar-refractivity contribution is 0.174. The zero-order chi connectivity index (χ0) is 13.5. The summed E-state index contributed by atoms with van der Waals surface area (Å²) < 4.78 is 5.25. The number of amidine groups is 1. The Kier molecular flexibility index (Phi) is 2.90. The summed E-state index contributed by atoms with van der Waals surface area (Å²) in [6.07, 6.45) is 0.655. The largest absolute Gasteiger partial charge is 0.427 e. The van der Waals surface area contributed by atoms with Gasteiger partial charge >= 0.3 is 5.63 Å². The summed E-state index contributed by atoms with van der Waals surface area (Å²) in [4.78, 5) is 17.2. The van der Waals surface area contributed by atoms with E-state index < -0.39 is 11.2 Å². The summed E-state index contributed by atoms with van der Waals surface area (Å²) in [6.45, 7) is 5.68. The van der Waals surface area contributed by atoms with Crippen LogP contribution in [0.15, 0.2) is 15.3 Å². The molecule has 0 bridgehead atoms. The Hall–Kier alpha value is -1.82. The van der Waals surface area contributed by atoms with Gasteiger partial charge in [0.05, 0.1) is 0 Å². The molecule has 0 aliphatic carbocycles. The second kappa shape index (κ2) is 4.13. The highest BCUT2D eigenvalue weighted by molar-refractivity contribution is 5.89. The van der Waals surface area contributed by atoms with Gasteiger partial charge in [-0.15, -0.1) is 5.48 Å². The Morgan fingerprint density at radius 2 is 2.28 bits per heavy atom. The van der Waals surface area contributed by atoms with Crippen molar-refractivity contribution in [1.82, 2.24) is 5.48 Å². The molecule has 2 rings (SSSR count). The number of fused-ring (bicyclic) bond motifs is 1. The first-order valence-corrected chi connectivity index (χ1v) is 5.80. The van der Waals surface area contributed by atoms with Crippen molar-refractivity contribution in [2.45, 2.75) is 32.7 Å². The van der Waals surface area contributed by atoms with Crippen molar-refractivity contribution in [3.8, 4) is 5.75 Å². The second-order valence-corrected chi connectivity index (χ2v) is 5.08. The Labute approximate surface area is 105 Å². The summed E-state index contributed by atoms with van der Waals surface area (Å²) >= 11 is 0. The van der Waals surface area contributed by atoms with Crippen LogP contribution in [0.2, 0.25) is 0 Å². The Balaban J connectivity index is 2.51. The molecule has 0 fully saturated rings. The smallest absolute Gasteiger partial charge is 0.345 e. The SMILES string of the molecule is CC(C)Cc1cc2c(c(=O)o1)C(C)(C(=N)N)NO2. The second-order valence-electron chi connectivity index (χ2n) is 5.08. The lowest BCUT2D eigenvalue weighted by Gasteiger charge is -2.19. The van der Waals surface area contributed by atoms with Gasteiger partial charge in [0.2, 0.25) is 0 Å². The van der Waals surface area contributed by atoms with Crippen LogP contribution < -0.4 is 21.7 Å². The first-order valence-electron chi connectivity index (χ1n) is 5.80. The van der Waals surface area contributed by atoms with Gasteiger partial charge in [0.15, 0.2) is 5.75 Å². The van der Waals surface area contributed by atoms with Crippen molar-refractivity contribution in [2.24, 2.45) is 11.7 Å². The van der Waals surface area contributed by atoms with Gasteiger partial charge in [0, 0.05) is 12.5 Å². The first-order chi connectivity index (χ1) is 8.34. The van der Waals surface area contributed by atoms with E-state index in [4.69, 9.17) is 20.4 Å². The summed E-state index contributed by atoms with van der Waals surface area (Å²) in [5.41, 5.74) is 6.73. The third kappa shape index (κ3) is 1.88. The summed E-state index contributed by atoms with van der Waals surface area (Å²) in [6, 6.07) is 1.68. The maximum Gasteiger partial charge on any atom is 0.345 e. The Bertz CT molecular complexity index is 550. The Morgan fingerprint density at radius 3 is 2.83 bits per heavy atom. The molecular weight excluding hydrogens is 234 g/mol. The molecule has 1 unspecified atom stereocenters. The molecule has 2 heterocycles. The van der Waals surface area contributed by atoms with Crippen LogP contribution in [-0.2, 0) is 12.0 Å². The highest BCUT2D eigenvalue weighted by Crippen LogP contribution is 2.33. The molecule has 0 saturated carbocycles. The van der Waals surface area contributed by atoms with Gasteiger partial charge in [-0.05, 0) is 12.8 Å². The molecule has 1 atom stereocenters. The lowest BCUT2D eigenvalue weighted by Crippen LogP contribution is -2.49. The minimum absolute atomic E-state index is 0.190. The molecule has 0 saturated heterocycles. The van der Waals surface area contributed by atoms with Crippen LogP contribution in [0.4, 0.5) is 0 Å². The number of nitrogens with one attached hydrogen (secondary N) is 2. The van der Waals surface area contributed by atoms with Gasteiger partial charge in [0.1, 0.15) is 22.7 Å². The first kappa shape index (κ1) is 12.6. The molecule has 4 N–H and O–H groups in total. The van der Waals surface area contributed by atoms with E-state index in [1.54, 1.807) is 13.0 Å². The fraction of sp³-hybridized carbons (Fsp3) is 0.500. The normalized spacial score (nSPS) is 21.8. The van der Waals surface area contributed by atoms with Crippen molar-refractivity contribution in [3.63, 3.8) is 0 Å². The van der Waals surface area contributed by atoms with Crippen molar-refractivity contribution in [2.75, 3.05) is 0 Å². The molecule has 0 amide bonds. The van der Waals surface area contributed by atoms with Crippen LogP contribution in [0.25, 0.3) is 0 Å². The lowest BCUT2D eigenvalue weighted by atomic mass is 9.93. The van der Waals surface area contributed by atoms with Crippen LogP contribution in [0.5, 0.6) is 5.75 Å². The molecule has 0 spiro atoms. The molecule has 98 valence electrons. The predicted molar refractivity (Wildman–Crippen MR) is 66.5 cm³/mol. The monoisotopic (exact) mass is 251 g/mol. The van der Waals surface area contributed by atoms with E-state index in [2.05, 4.69) is 5.48 Å². The minimum Gasteiger partial charge on any atom is -0.427 e. The average Bonchev–Trinajstić information content (AvgIpc) is 2.57. The van der Waals surface area contributed by atoms with Crippen molar-refractivity contribution in [1.29, 1.82) is 5.41 Å². The molecule has 0 radical (unpaired) electrons. The van der Waals surface area contributed by atoms with Crippen LogP contribution in [0.3, 0.4) is 0 Å². The number of hydroxylamine groups is 1. The minimum atomic E-state index is -1.12. The molecule has 0 aromatic carbocycles. The van der Waals surface area contributed by atoms with Gasteiger partial charge in [0.25, 0.3) is 0 Å². The molecule has 6 heteroatoms. The number of hydrogen-bond donors (Lipinski definition) is 3. The van der Waals surface area contributed by atoms with E-state index in [-0.39, 0.29) is 11.4 Å². The molecular formula is C12H17N3O3. The van der Waals surface area contributed by atoms with Gasteiger partial charge in [-0.25, -0.2) is 4.79 Å². The summed E-state index contributed by atoms with van der Waals surface area (Å²) in [5, 5.41) is 7.54. The average molecular weight is 251 g/mol. The molecule has 1 aliphatic rings. The van der Waals surface area contributed by atoms with Crippen molar-refractivity contribution >= 4 is 5.84 Å². The highest BCUT2D eigenvalue weighted by Gasteiger charge is 2.43. The summed E-state index contributed by atoms with van der Waals surface area (Å²) in [7, 11) is 0. The van der Waals surface area contributed by atoms with Crippen LogP contribution in [0, 0.1) is 11.3 Å². The molecule has 1 aromatic rings. The van der Waals surface area contributed by atoms with E-state index >= 15 is 0 Å². The molecule has 18 heavy (non-hydrogen) atoms. The fourth-order valence-electron chi connectivity index (χ4n) is 1.95. The van der Waals surface area contributed by atoms with Gasteiger partial charge in [-0.3, -0.25) is 5.41 Å². The standard InChI is InChI=1S/C12H17N3O3/c1-6(2)4-7-5-8-9(10(16)17-7)12(3,11(13)14)15-18-8/h5-6,15H,4H2,1-3H3,(H3,13,14). The van der Waals surface area contributed by atoms with E-state index in [0.717, 1.165) is 0 Å². The van der Waals surface area contributed by atoms with Gasteiger partial charge < -0.3 is 15.0 Å². The maximum absolute atomic E-state index is 12.0. The van der Waals surface area contributed by atoms with E-state index in [1.165, 1.54) is 0 Å². The maximum atomic E-state index is 12.0. The summed E-state index contributed by atoms with van der Waals surface area (Å²) in [5.74, 6) is 1.15. The third-order valence-corrected chi connectivity index (χ3v) is 2.98. The fourth-order valence-corrected chi connectivity index (χ4v) is 1.95. The highest BCUT2D eigenvalue weighted by atomic mass is 16.7. The number of hydrogen-bond acceptors (Lipinski definition) is 5. The van der Waals surface area contributed by atoms with Crippen LogP contribution in [-0.4, -0.2) is 5.84 Å². The van der Waals surface area contributed by atoms with E-state index in [1.807, 2.05) is 13.8 Å². The quantitative estimate of drug-likeness (QED) is 0.547. The van der Waals surface area contributed by atoms with Gasteiger partial charge in [-0.2, -0.15) is 0 Å². The predicted octanol–water partition coefficient (Wildman–Crippen LogP) is 0.886. The van der Waals surface area contributed by atoms with Crippen molar-refractivity contribution in [3.05, 3.63) is 27.8 Å². The van der Waals surface area contributed by atoms with E-state index in [9.17, 15) is 4.79 Å². The number of rotatable bonds is 3. The van der Waals surface area contributed by atoms with E-state index in [0.29, 0.717) is 23.8 Å². The zero-order valence-corrected chi connectivity index (χ0v) is 10.7. The van der Waals surface area contributed by atoms with Crippen LogP contribution in [0.1, 0.15) is 32.1 Å². The number of nitrogens with two attached hydrogens (primary N) is 1.